The molecule has 0 fully saturated rings. The van der Waals surface area contributed by atoms with Crippen molar-refractivity contribution in [3.8, 4) is 17.2 Å². The Balaban J connectivity index is 1.62. The Morgan fingerprint density at radius 2 is 1.61 bits per heavy atom. The van der Waals surface area contributed by atoms with E-state index in [0.29, 0.717) is 36.1 Å². The zero-order valence-electron chi connectivity index (χ0n) is 18.9. The zero-order valence-corrected chi connectivity index (χ0v) is 18.9. The summed E-state index contributed by atoms with van der Waals surface area (Å²) in [6.07, 6.45) is -1.02. The van der Waals surface area contributed by atoms with Gasteiger partial charge in [-0.2, -0.15) is 0 Å². The molecule has 0 aromatic heterocycles. The normalized spacial score (nSPS) is 11.2. The van der Waals surface area contributed by atoms with E-state index in [4.69, 9.17) is 18.9 Å². The van der Waals surface area contributed by atoms with Gasteiger partial charge in [0.15, 0.2) is 17.6 Å². The number of hydrogen-bond acceptors (Lipinski definition) is 6. The molecule has 0 radical (unpaired) electrons. The van der Waals surface area contributed by atoms with Crippen LogP contribution >= 0.6 is 0 Å². The summed E-state index contributed by atoms with van der Waals surface area (Å²) in [5, 5.41) is 2.73. The fraction of sp³-hybridized carbons (Fsp3) is 0.231. The van der Waals surface area contributed by atoms with Crippen molar-refractivity contribution in [3.63, 3.8) is 0 Å². The Hall–Kier alpha value is -4.00. The maximum Gasteiger partial charge on any atom is 0.339 e. The summed E-state index contributed by atoms with van der Waals surface area (Å²) >= 11 is 0. The SMILES string of the molecule is CCOc1ccccc1NC(=O)C(C)OC(=O)c1ccc(OCc2ccccc2)c(OC)c1. The first-order valence-corrected chi connectivity index (χ1v) is 10.6. The van der Waals surface area contributed by atoms with E-state index in [0.717, 1.165) is 5.56 Å². The number of anilines is 1. The van der Waals surface area contributed by atoms with Gasteiger partial charge in [0.25, 0.3) is 5.91 Å². The first kappa shape index (κ1) is 23.7. The second-order valence-corrected chi connectivity index (χ2v) is 7.11. The lowest BCUT2D eigenvalue weighted by Crippen LogP contribution is -2.30. The monoisotopic (exact) mass is 449 g/mol. The minimum Gasteiger partial charge on any atom is -0.493 e. The number of esters is 1. The number of benzene rings is 3. The van der Waals surface area contributed by atoms with Crippen LogP contribution in [0.25, 0.3) is 0 Å². The fourth-order valence-corrected chi connectivity index (χ4v) is 3.02. The van der Waals surface area contributed by atoms with E-state index >= 15 is 0 Å². The molecule has 7 heteroatoms. The lowest BCUT2D eigenvalue weighted by atomic mass is 10.2. The lowest BCUT2D eigenvalue weighted by Gasteiger charge is -2.16. The molecule has 3 aromatic rings. The van der Waals surface area contributed by atoms with Gasteiger partial charge in [-0.3, -0.25) is 4.79 Å². The minimum atomic E-state index is -1.02. The number of nitrogens with one attached hydrogen (secondary N) is 1. The van der Waals surface area contributed by atoms with Gasteiger partial charge in [0, 0.05) is 0 Å². The van der Waals surface area contributed by atoms with E-state index < -0.39 is 18.0 Å². The molecule has 0 aliphatic heterocycles. The van der Waals surface area contributed by atoms with Crippen LogP contribution in [0.3, 0.4) is 0 Å². The van der Waals surface area contributed by atoms with Crippen molar-refractivity contribution in [2.45, 2.75) is 26.6 Å². The first-order chi connectivity index (χ1) is 16.0. The zero-order chi connectivity index (χ0) is 23.6. The van der Waals surface area contributed by atoms with Crippen molar-refractivity contribution in [1.29, 1.82) is 0 Å². The number of para-hydroxylation sites is 2. The van der Waals surface area contributed by atoms with Gasteiger partial charge >= 0.3 is 5.97 Å². The van der Waals surface area contributed by atoms with Gasteiger partial charge in [-0.05, 0) is 49.7 Å². The highest BCUT2D eigenvalue weighted by molar-refractivity contribution is 5.98. The average molecular weight is 450 g/mol. The quantitative estimate of drug-likeness (QED) is 0.445. The summed E-state index contributed by atoms with van der Waals surface area (Å²) in [5.41, 5.74) is 1.76. The van der Waals surface area contributed by atoms with Crippen molar-refractivity contribution >= 4 is 17.6 Å². The molecule has 0 saturated heterocycles. The molecule has 1 atom stereocenters. The summed E-state index contributed by atoms with van der Waals surface area (Å²) in [7, 11) is 1.49. The molecule has 172 valence electrons. The highest BCUT2D eigenvalue weighted by Crippen LogP contribution is 2.29. The Morgan fingerprint density at radius 1 is 0.879 bits per heavy atom. The van der Waals surface area contributed by atoms with Crippen LogP contribution in [0.1, 0.15) is 29.8 Å². The Morgan fingerprint density at radius 3 is 2.33 bits per heavy atom. The second-order valence-electron chi connectivity index (χ2n) is 7.11. The highest BCUT2D eigenvalue weighted by Gasteiger charge is 2.21. The standard InChI is InChI=1S/C26H27NO6/c1-4-31-22-13-9-8-12-21(22)27-25(28)18(2)33-26(29)20-14-15-23(24(16-20)30-3)32-17-19-10-6-5-7-11-19/h5-16,18H,4,17H2,1-3H3,(H,27,28). The van der Waals surface area contributed by atoms with Crippen molar-refractivity contribution in [1.82, 2.24) is 0 Å². The van der Waals surface area contributed by atoms with Crippen molar-refractivity contribution in [2.24, 2.45) is 0 Å². The van der Waals surface area contributed by atoms with Crippen LogP contribution in [0.2, 0.25) is 0 Å². The van der Waals surface area contributed by atoms with Gasteiger partial charge in [-0.15, -0.1) is 0 Å². The van der Waals surface area contributed by atoms with Crippen LogP contribution in [0.5, 0.6) is 17.2 Å². The maximum absolute atomic E-state index is 12.6. The molecular weight excluding hydrogens is 422 g/mol. The molecule has 0 spiro atoms. The second kappa shape index (κ2) is 11.6. The lowest BCUT2D eigenvalue weighted by molar-refractivity contribution is -0.123. The number of carbonyl (C=O) groups excluding carboxylic acids is 2. The molecule has 0 saturated carbocycles. The molecule has 1 N–H and O–H groups in total. The molecule has 0 heterocycles. The molecule has 3 aromatic carbocycles. The number of rotatable bonds is 10. The van der Waals surface area contributed by atoms with E-state index in [9.17, 15) is 9.59 Å². The van der Waals surface area contributed by atoms with E-state index in [1.807, 2.05) is 43.3 Å². The number of methoxy groups -OCH3 is 1. The largest absolute Gasteiger partial charge is 0.493 e. The number of carbonyl (C=O) groups is 2. The smallest absolute Gasteiger partial charge is 0.339 e. The van der Waals surface area contributed by atoms with Gasteiger partial charge in [0.1, 0.15) is 12.4 Å². The fourth-order valence-electron chi connectivity index (χ4n) is 3.02. The molecule has 1 amide bonds. The Labute approximate surface area is 193 Å². The number of ether oxygens (including phenoxy) is 4. The Kier molecular flexibility index (Phi) is 8.30. The highest BCUT2D eigenvalue weighted by atomic mass is 16.5. The summed E-state index contributed by atoms with van der Waals surface area (Å²) < 4.78 is 22.0. The molecule has 1 unspecified atom stereocenters. The van der Waals surface area contributed by atoms with Gasteiger partial charge < -0.3 is 24.3 Å². The third kappa shape index (κ3) is 6.49. The van der Waals surface area contributed by atoms with Gasteiger partial charge in [-0.25, -0.2) is 4.79 Å². The van der Waals surface area contributed by atoms with Crippen molar-refractivity contribution in [3.05, 3.63) is 83.9 Å². The maximum atomic E-state index is 12.6. The predicted octanol–water partition coefficient (Wildman–Crippen LogP) is 4.86. The van der Waals surface area contributed by atoms with E-state index in [2.05, 4.69) is 5.32 Å². The van der Waals surface area contributed by atoms with Crippen LogP contribution in [0.4, 0.5) is 5.69 Å². The van der Waals surface area contributed by atoms with Crippen LogP contribution in [-0.2, 0) is 16.1 Å². The minimum absolute atomic E-state index is 0.244. The third-order valence-electron chi connectivity index (χ3n) is 4.73. The summed E-state index contributed by atoms with van der Waals surface area (Å²) in [4.78, 5) is 25.2. The molecule has 7 nitrogen and oxygen atoms in total. The number of hydrogen-bond donors (Lipinski definition) is 1. The predicted molar refractivity (Wildman–Crippen MR) is 125 cm³/mol. The van der Waals surface area contributed by atoms with Crippen molar-refractivity contribution < 1.29 is 28.5 Å². The first-order valence-electron chi connectivity index (χ1n) is 10.6. The van der Waals surface area contributed by atoms with Gasteiger partial charge in [0.2, 0.25) is 0 Å². The molecule has 0 aliphatic rings. The summed E-state index contributed by atoms with van der Waals surface area (Å²) in [6, 6.07) is 21.5. The average Bonchev–Trinajstić information content (AvgIpc) is 2.84. The molecule has 0 aliphatic carbocycles. The summed E-state index contributed by atoms with van der Waals surface area (Å²) in [5.74, 6) is 0.316. The topological polar surface area (TPSA) is 83.1 Å². The molecular formula is C26H27NO6. The van der Waals surface area contributed by atoms with Gasteiger partial charge in [-0.1, -0.05) is 42.5 Å². The van der Waals surface area contributed by atoms with Crippen LogP contribution in [-0.4, -0.2) is 31.7 Å². The van der Waals surface area contributed by atoms with Gasteiger partial charge in [0.05, 0.1) is 25.0 Å². The third-order valence-corrected chi connectivity index (χ3v) is 4.73. The van der Waals surface area contributed by atoms with E-state index in [1.165, 1.54) is 20.1 Å². The van der Waals surface area contributed by atoms with Crippen LogP contribution in [0.15, 0.2) is 72.8 Å². The van der Waals surface area contributed by atoms with Crippen LogP contribution in [0, 0.1) is 0 Å². The van der Waals surface area contributed by atoms with E-state index in [-0.39, 0.29) is 5.56 Å². The number of amides is 1. The Bertz CT molecular complexity index is 1080. The molecule has 0 bridgehead atoms. The summed E-state index contributed by atoms with van der Waals surface area (Å²) in [6.45, 7) is 4.19. The van der Waals surface area contributed by atoms with Crippen molar-refractivity contribution in [2.75, 3.05) is 19.0 Å². The molecule has 33 heavy (non-hydrogen) atoms. The molecule has 3 rings (SSSR count). The van der Waals surface area contributed by atoms with Crippen LogP contribution < -0.4 is 19.5 Å². The van der Waals surface area contributed by atoms with E-state index in [1.54, 1.807) is 30.3 Å².